The minimum absolute atomic E-state index is 0.576. The van der Waals surface area contributed by atoms with E-state index < -0.39 is 0 Å². The van der Waals surface area contributed by atoms with E-state index in [-0.39, 0.29) is 0 Å². The molecule has 0 fully saturated rings. The van der Waals surface area contributed by atoms with Crippen LogP contribution >= 0.6 is 0 Å². The van der Waals surface area contributed by atoms with Crippen LogP contribution in [0.25, 0.3) is 11.3 Å². The zero-order chi connectivity index (χ0) is 14.7. The average Bonchev–Trinajstić information content (AvgIpc) is 3.16. The van der Waals surface area contributed by atoms with Crippen molar-refractivity contribution in [1.29, 1.82) is 0 Å². The normalized spacial score (nSPS) is 11.0. The molecule has 2 N–H and O–H groups in total. The molecule has 0 aliphatic rings. The van der Waals surface area contributed by atoms with E-state index in [0.717, 1.165) is 29.9 Å². The number of aromatic nitrogens is 4. The van der Waals surface area contributed by atoms with Gasteiger partial charge in [0.2, 0.25) is 0 Å². The Morgan fingerprint density at radius 2 is 1.86 bits per heavy atom. The first-order valence-corrected chi connectivity index (χ1v) is 7.11. The van der Waals surface area contributed by atoms with Crippen LogP contribution in [0, 0.1) is 0 Å². The fourth-order valence-corrected chi connectivity index (χ4v) is 2.33. The average molecular weight is 281 g/mol. The van der Waals surface area contributed by atoms with E-state index in [1.54, 1.807) is 0 Å². The topological polar surface area (TPSA) is 61.7 Å². The number of aryl methyl sites for hydroxylation is 1. The van der Waals surface area contributed by atoms with Crippen molar-refractivity contribution in [3.63, 3.8) is 0 Å². The van der Waals surface area contributed by atoms with Crippen LogP contribution in [0.1, 0.15) is 18.1 Å². The van der Waals surface area contributed by atoms with Gasteiger partial charge in [0.05, 0.1) is 24.4 Å². The third-order valence-electron chi connectivity index (χ3n) is 3.58. The molecule has 1 aromatic carbocycles. The second-order valence-electron chi connectivity index (χ2n) is 5.01. The fourth-order valence-electron chi connectivity index (χ4n) is 2.33. The molecule has 0 amide bonds. The standard InChI is InChI=1S/C16H19N5/c1-2-21-11-15(8-19-21)16-9-18-12-20(16)10-14-5-3-13(7-17)4-6-14/h3-6,8-9,11-12H,2,7,10,17H2,1H3. The van der Waals surface area contributed by atoms with E-state index in [1.807, 2.05) is 29.6 Å². The first-order valence-electron chi connectivity index (χ1n) is 7.11. The van der Waals surface area contributed by atoms with Gasteiger partial charge >= 0.3 is 0 Å². The van der Waals surface area contributed by atoms with Crippen LogP contribution in [0.2, 0.25) is 0 Å². The summed E-state index contributed by atoms with van der Waals surface area (Å²) in [7, 11) is 0. The van der Waals surface area contributed by atoms with Crippen molar-refractivity contribution in [2.75, 3.05) is 0 Å². The smallest absolute Gasteiger partial charge is 0.0954 e. The Balaban J connectivity index is 1.84. The molecule has 3 aromatic rings. The molecular formula is C16H19N5. The molecule has 0 spiro atoms. The molecule has 0 aliphatic heterocycles. The van der Waals surface area contributed by atoms with E-state index in [2.05, 4.69) is 45.8 Å². The van der Waals surface area contributed by atoms with Gasteiger partial charge in [-0.2, -0.15) is 5.10 Å². The summed E-state index contributed by atoms with van der Waals surface area (Å²) in [5.41, 5.74) is 10.2. The largest absolute Gasteiger partial charge is 0.326 e. The second kappa shape index (κ2) is 5.93. The third-order valence-corrected chi connectivity index (χ3v) is 3.58. The van der Waals surface area contributed by atoms with Gasteiger partial charge in [0, 0.05) is 31.4 Å². The number of hydrogen-bond acceptors (Lipinski definition) is 3. The highest BCUT2D eigenvalue weighted by Gasteiger charge is 2.08. The van der Waals surface area contributed by atoms with Crippen LogP contribution in [0.3, 0.4) is 0 Å². The number of benzene rings is 1. The minimum Gasteiger partial charge on any atom is -0.326 e. The molecule has 21 heavy (non-hydrogen) atoms. The van der Waals surface area contributed by atoms with Crippen molar-refractivity contribution >= 4 is 0 Å². The van der Waals surface area contributed by atoms with E-state index >= 15 is 0 Å². The Hall–Kier alpha value is -2.40. The molecule has 0 unspecified atom stereocenters. The number of nitrogens with two attached hydrogens (primary N) is 1. The number of rotatable bonds is 5. The van der Waals surface area contributed by atoms with E-state index in [4.69, 9.17) is 5.73 Å². The predicted molar refractivity (Wildman–Crippen MR) is 82.6 cm³/mol. The van der Waals surface area contributed by atoms with Gasteiger partial charge < -0.3 is 10.3 Å². The summed E-state index contributed by atoms with van der Waals surface area (Å²) in [6.45, 7) is 4.31. The number of imidazole rings is 1. The monoisotopic (exact) mass is 281 g/mol. The number of nitrogens with zero attached hydrogens (tertiary/aromatic N) is 4. The Bertz CT molecular complexity index is 708. The maximum Gasteiger partial charge on any atom is 0.0954 e. The Labute approximate surface area is 124 Å². The van der Waals surface area contributed by atoms with Gasteiger partial charge in [0.1, 0.15) is 0 Å². The van der Waals surface area contributed by atoms with Crippen LogP contribution in [-0.2, 0) is 19.6 Å². The molecule has 108 valence electrons. The molecule has 0 aliphatic carbocycles. The summed E-state index contributed by atoms with van der Waals surface area (Å²) in [6, 6.07) is 8.37. The van der Waals surface area contributed by atoms with Gasteiger partial charge in [0.25, 0.3) is 0 Å². The fraction of sp³-hybridized carbons (Fsp3) is 0.250. The summed E-state index contributed by atoms with van der Waals surface area (Å²) in [5.74, 6) is 0. The number of hydrogen-bond donors (Lipinski definition) is 1. The highest BCUT2D eigenvalue weighted by molar-refractivity contribution is 5.56. The highest BCUT2D eigenvalue weighted by Crippen LogP contribution is 2.19. The Morgan fingerprint density at radius 3 is 2.52 bits per heavy atom. The quantitative estimate of drug-likeness (QED) is 0.780. The molecule has 5 nitrogen and oxygen atoms in total. The molecule has 0 saturated heterocycles. The molecule has 0 saturated carbocycles. The van der Waals surface area contributed by atoms with Gasteiger partial charge in [0.15, 0.2) is 0 Å². The highest BCUT2D eigenvalue weighted by atomic mass is 15.3. The van der Waals surface area contributed by atoms with Crippen molar-refractivity contribution in [2.24, 2.45) is 5.73 Å². The van der Waals surface area contributed by atoms with E-state index in [1.165, 1.54) is 5.56 Å². The van der Waals surface area contributed by atoms with Gasteiger partial charge in [-0.15, -0.1) is 0 Å². The molecule has 0 bridgehead atoms. The molecule has 3 rings (SSSR count). The Kier molecular flexibility index (Phi) is 3.83. The zero-order valence-electron chi connectivity index (χ0n) is 12.1. The molecular weight excluding hydrogens is 262 g/mol. The van der Waals surface area contributed by atoms with Gasteiger partial charge in [-0.05, 0) is 18.1 Å². The lowest BCUT2D eigenvalue weighted by atomic mass is 10.1. The molecule has 5 heteroatoms. The lowest BCUT2D eigenvalue weighted by Crippen LogP contribution is -2.01. The molecule has 0 atom stereocenters. The summed E-state index contributed by atoms with van der Waals surface area (Å²) >= 11 is 0. The van der Waals surface area contributed by atoms with Crippen molar-refractivity contribution in [1.82, 2.24) is 19.3 Å². The lowest BCUT2D eigenvalue weighted by Gasteiger charge is -2.07. The van der Waals surface area contributed by atoms with Gasteiger partial charge in [-0.25, -0.2) is 4.98 Å². The van der Waals surface area contributed by atoms with Crippen LogP contribution in [0.15, 0.2) is 49.2 Å². The summed E-state index contributed by atoms with van der Waals surface area (Å²) in [6.07, 6.45) is 7.67. The van der Waals surface area contributed by atoms with Crippen LogP contribution < -0.4 is 5.73 Å². The zero-order valence-corrected chi connectivity index (χ0v) is 12.1. The first kappa shape index (κ1) is 13.6. The summed E-state index contributed by atoms with van der Waals surface area (Å²) in [5, 5.41) is 4.32. The van der Waals surface area contributed by atoms with E-state index in [0.29, 0.717) is 6.54 Å². The lowest BCUT2D eigenvalue weighted by molar-refractivity contribution is 0.660. The maximum atomic E-state index is 5.63. The molecule has 2 heterocycles. The molecule has 2 aromatic heterocycles. The summed E-state index contributed by atoms with van der Waals surface area (Å²) in [4.78, 5) is 4.27. The third kappa shape index (κ3) is 2.87. The SMILES string of the molecule is CCn1cc(-c2cncn2Cc2ccc(CN)cc2)cn1. The Morgan fingerprint density at radius 1 is 1.10 bits per heavy atom. The molecule has 0 radical (unpaired) electrons. The van der Waals surface area contributed by atoms with Crippen molar-refractivity contribution in [3.05, 3.63) is 60.3 Å². The van der Waals surface area contributed by atoms with Crippen LogP contribution in [-0.4, -0.2) is 19.3 Å². The van der Waals surface area contributed by atoms with Crippen molar-refractivity contribution in [2.45, 2.75) is 26.6 Å². The first-order chi connectivity index (χ1) is 10.3. The second-order valence-corrected chi connectivity index (χ2v) is 5.01. The van der Waals surface area contributed by atoms with Gasteiger partial charge in [-0.1, -0.05) is 24.3 Å². The van der Waals surface area contributed by atoms with E-state index in [9.17, 15) is 0 Å². The van der Waals surface area contributed by atoms with Crippen LogP contribution in [0.4, 0.5) is 0 Å². The maximum absolute atomic E-state index is 5.63. The van der Waals surface area contributed by atoms with Crippen molar-refractivity contribution in [3.8, 4) is 11.3 Å². The predicted octanol–water partition coefficient (Wildman–Crippen LogP) is 2.27. The van der Waals surface area contributed by atoms with Gasteiger partial charge in [-0.3, -0.25) is 4.68 Å². The summed E-state index contributed by atoms with van der Waals surface area (Å²) < 4.78 is 4.05. The van der Waals surface area contributed by atoms with Crippen molar-refractivity contribution < 1.29 is 0 Å². The van der Waals surface area contributed by atoms with Crippen LogP contribution in [0.5, 0.6) is 0 Å². The minimum atomic E-state index is 0.576.